The van der Waals surface area contributed by atoms with Crippen LogP contribution in [0.2, 0.25) is 0 Å². The van der Waals surface area contributed by atoms with E-state index in [0.717, 1.165) is 42.3 Å². The Morgan fingerprint density at radius 1 is 1.22 bits per heavy atom. The molecule has 27 heavy (non-hydrogen) atoms. The first kappa shape index (κ1) is 18.1. The highest BCUT2D eigenvalue weighted by Gasteiger charge is 2.50. The molecular formula is C22H28N2O3. The van der Waals surface area contributed by atoms with Gasteiger partial charge in [0.05, 0.1) is 6.42 Å². The van der Waals surface area contributed by atoms with Crippen molar-refractivity contribution >= 4 is 22.8 Å². The third-order valence-corrected chi connectivity index (χ3v) is 6.10. The normalized spacial score (nSPS) is 26.3. The zero-order valence-corrected chi connectivity index (χ0v) is 16.4. The largest absolute Gasteiger partial charge is 0.455 e. The standard InChI is InChI=1S/C22H28N2O3/c1-21(2)9-16-10-22(3,13-21)14-24(16)19(25)12-27-20(26)8-15-11-23-18-7-5-4-6-17(15)18/h4-7,11,16,23H,8-10,12-14H2,1-3H3/t16-,22-/m0/s1. The SMILES string of the molecule is CC1(C)C[C@H]2C[C@](C)(CN2C(=O)COC(=O)Cc2c[nH]c3ccccc23)C1. The lowest BCUT2D eigenvalue weighted by atomic mass is 9.65. The van der Waals surface area contributed by atoms with Crippen LogP contribution in [0.15, 0.2) is 30.5 Å². The summed E-state index contributed by atoms with van der Waals surface area (Å²) in [5.74, 6) is -0.421. The topological polar surface area (TPSA) is 62.4 Å². The van der Waals surface area contributed by atoms with E-state index in [0.29, 0.717) is 0 Å². The summed E-state index contributed by atoms with van der Waals surface area (Å²) in [6.45, 7) is 7.46. The molecule has 1 aromatic heterocycles. The Balaban J connectivity index is 1.35. The average Bonchev–Trinajstić information content (AvgIpc) is 3.10. The number of nitrogens with zero attached hydrogens (tertiary/aromatic N) is 1. The summed E-state index contributed by atoms with van der Waals surface area (Å²) in [4.78, 5) is 30.1. The number of amides is 1. The first-order chi connectivity index (χ1) is 12.7. The lowest BCUT2D eigenvalue weighted by molar-refractivity contribution is -0.152. The quantitative estimate of drug-likeness (QED) is 0.838. The summed E-state index contributed by atoms with van der Waals surface area (Å²) in [7, 11) is 0. The van der Waals surface area contributed by atoms with E-state index in [2.05, 4.69) is 25.8 Å². The number of H-pyrrole nitrogens is 1. The number of hydrogen-bond donors (Lipinski definition) is 1. The number of nitrogens with one attached hydrogen (secondary N) is 1. The van der Waals surface area contributed by atoms with Crippen LogP contribution in [-0.2, 0) is 20.7 Å². The number of aromatic nitrogens is 1. The van der Waals surface area contributed by atoms with Gasteiger partial charge in [0, 0.05) is 29.7 Å². The Morgan fingerprint density at radius 2 is 2.00 bits per heavy atom. The molecule has 0 radical (unpaired) electrons. The van der Waals surface area contributed by atoms with Gasteiger partial charge in [-0.15, -0.1) is 0 Å². The van der Waals surface area contributed by atoms with Gasteiger partial charge < -0.3 is 14.6 Å². The lowest BCUT2D eigenvalue weighted by Gasteiger charge is -2.39. The van der Waals surface area contributed by atoms with Crippen LogP contribution < -0.4 is 0 Å². The number of carbonyl (C=O) groups is 2. The summed E-state index contributed by atoms with van der Waals surface area (Å²) >= 11 is 0. The first-order valence-corrected chi connectivity index (χ1v) is 9.75. The number of ether oxygens (including phenoxy) is 1. The van der Waals surface area contributed by atoms with Crippen LogP contribution in [0, 0.1) is 10.8 Å². The predicted octanol–water partition coefficient (Wildman–Crippen LogP) is 3.68. The van der Waals surface area contributed by atoms with Crippen molar-refractivity contribution in [2.45, 2.75) is 52.5 Å². The van der Waals surface area contributed by atoms with E-state index in [4.69, 9.17) is 4.74 Å². The molecule has 1 aliphatic heterocycles. The van der Waals surface area contributed by atoms with Crippen molar-refractivity contribution in [2.24, 2.45) is 10.8 Å². The average molecular weight is 368 g/mol. The van der Waals surface area contributed by atoms with Crippen molar-refractivity contribution < 1.29 is 14.3 Å². The van der Waals surface area contributed by atoms with E-state index in [1.54, 1.807) is 0 Å². The molecule has 5 nitrogen and oxygen atoms in total. The van der Waals surface area contributed by atoms with E-state index in [9.17, 15) is 9.59 Å². The molecule has 1 aromatic carbocycles. The van der Waals surface area contributed by atoms with Crippen LogP contribution in [0.25, 0.3) is 10.9 Å². The molecule has 1 saturated carbocycles. The smallest absolute Gasteiger partial charge is 0.310 e. The van der Waals surface area contributed by atoms with Crippen molar-refractivity contribution in [1.82, 2.24) is 9.88 Å². The fraction of sp³-hybridized carbons (Fsp3) is 0.545. The number of esters is 1. The van der Waals surface area contributed by atoms with Crippen molar-refractivity contribution in [3.8, 4) is 0 Å². The highest BCUT2D eigenvalue weighted by Crippen LogP contribution is 2.52. The molecule has 2 aromatic rings. The summed E-state index contributed by atoms with van der Waals surface area (Å²) < 4.78 is 5.33. The Morgan fingerprint density at radius 3 is 2.81 bits per heavy atom. The summed E-state index contributed by atoms with van der Waals surface area (Å²) in [6.07, 6.45) is 5.23. The van der Waals surface area contributed by atoms with Gasteiger partial charge in [-0.2, -0.15) is 0 Å². The van der Waals surface area contributed by atoms with Crippen molar-refractivity contribution in [1.29, 1.82) is 0 Å². The lowest BCUT2D eigenvalue weighted by Crippen LogP contribution is -2.39. The molecule has 1 amide bonds. The van der Waals surface area contributed by atoms with E-state index < -0.39 is 0 Å². The highest BCUT2D eigenvalue weighted by molar-refractivity contribution is 5.88. The molecule has 1 aliphatic carbocycles. The molecule has 2 aliphatic rings. The van der Waals surface area contributed by atoms with Gasteiger partial charge in [-0.1, -0.05) is 39.0 Å². The molecule has 1 N–H and O–H groups in total. The summed E-state index contributed by atoms with van der Waals surface area (Å²) in [5, 5.41) is 1.02. The van der Waals surface area contributed by atoms with Crippen LogP contribution in [0.3, 0.4) is 0 Å². The minimum atomic E-state index is -0.359. The molecule has 0 unspecified atom stereocenters. The van der Waals surface area contributed by atoms with Crippen LogP contribution >= 0.6 is 0 Å². The number of aromatic amines is 1. The summed E-state index contributed by atoms with van der Waals surface area (Å²) in [6, 6.07) is 8.13. The first-order valence-electron chi connectivity index (χ1n) is 9.75. The van der Waals surface area contributed by atoms with Crippen LogP contribution in [-0.4, -0.2) is 41.0 Å². The fourth-order valence-electron chi connectivity index (χ4n) is 5.46. The van der Waals surface area contributed by atoms with E-state index in [1.807, 2.05) is 35.4 Å². The van der Waals surface area contributed by atoms with Gasteiger partial charge in [0.1, 0.15) is 0 Å². The van der Waals surface area contributed by atoms with Crippen molar-refractivity contribution in [3.05, 3.63) is 36.0 Å². The Hall–Kier alpha value is -2.30. The number of carbonyl (C=O) groups excluding carboxylic acids is 2. The number of benzene rings is 1. The van der Waals surface area contributed by atoms with Gasteiger partial charge >= 0.3 is 5.97 Å². The van der Waals surface area contributed by atoms with Crippen LogP contribution in [0.5, 0.6) is 0 Å². The Bertz CT molecular complexity index is 885. The molecular weight excluding hydrogens is 340 g/mol. The number of hydrogen-bond acceptors (Lipinski definition) is 3. The Labute approximate surface area is 160 Å². The molecule has 2 heterocycles. The van der Waals surface area contributed by atoms with Gasteiger partial charge in [0.25, 0.3) is 5.91 Å². The third-order valence-electron chi connectivity index (χ3n) is 6.10. The monoisotopic (exact) mass is 368 g/mol. The fourth-order valence-corrected chi connectivity index (χ4v) is 5.46. The second-order valence-electron chi connectivity index (χ2n) is 9.43. The molecule has 2 bridgehead atoms. The molecule has 2 fully saturated rings. The second-order valence-corrected chi connectivity index (χ2v) is 9.43. The minimum absolute atomic E-state index is 0.0614. The van der Waals surface area contributed by atoms with Crippen molar-refractivity contribution in [2.75, 3.05) is 13.2 Å². The Kier molecular flexibility index (Phi) is 4.28. The predicted molar refractivity (Wildman–Crippen MR) is 104 cm³/mol. The number of rotatable bonds is 4. The van der Waals surface area contributed by atoms with Gasteiger partial charge in [0.15, 0.2) is 6.61 Å². The minimum Gasteiger partial charge on any atom is -0.455 e. The van der Waals surface area contributed by atoms with E-state index in [1.165, 1.54) is 0 Å². The van der Waals surface area contributed by atoms with E-state index in [-0.39, 0.29) is 41.8 Å². The molecule has 2 atom stereocenters. The molecule has 0 spiro atoms. The molecule has 144 valence electrons. The maximum atomic E-state index is 12.7. The number of likely N-dealkylation sites (tertiary alicyclic amines) is 1. The zero-order chi connectivity index (χ0) is 19.2. The highest BCUT2D eigenvalue weighted by atomic mass is 16.5. The van der Waals surface area contributed by atoms with Gasteiger partial charge in [-0.05, 0) is 41.7 Å². The van der Waals surface area contributed by atoms with Crippen molar-refractivity contribution in [3.63, 3.8) is 0 Å². The third kappa shape index (κ3) is 3.60. The van der Waals surface area contributed by atoms with Gasteiger partial charge in [-0.3, -0.25) is 9.59 Å². The maximum Gasteiger partial charge on any atom is 0.310 e. The number of fused-ring (bicyclic) bond motifs is 3. The number of para-hydroxylation sites is 1. The van der Waals surface area contributed by atoms with Crippen LogP contribution in [0.1, 0.15) is 45.6 Å². The molecule has 4 rings (SSSR count). The maximum absolute atomic E-state index is 12.7. The van der Waals surface area contributed by atoms with Gasteiger partial charge in [-0.25, -0.2) is 0 Å². The zero-order valence-electron chi connectivity index (χ0n) is 16.4. The van der Waals surface area contributed by atoms with Crippen LogP contribution in [0.4, 0.5) is 0 Å². The van der Waals surface area contributed by atoms with Gasteiger partial charge in [0.2, 0.25) is 0 Å². The second kappa shape index (κ2) is 6.39. The molecule has 5 heteroatoms. The molecule has 1 saturated heterocycles. The van der Waals surface area contributed by atoms with E-state index >= 15 is 0 Å². The summed E-state index contributed by atoms with van der Waals surface area (Å²) in [5.41, 5.74) is 2.35.